The van der Waals surface area contributed by atoms with Gasteiger partial charge in [0, 0.05) is 13.1 Å². The first-order valence-corrected chi connectivity index (χ1v) is 4.60. The molecular formula is C9H16N2O2. The highest BCUT2D eigenvalue weighted by atomic mass is 16.5. The molecule has 0 spiro atoms. The third kappa shape index (κ3) is 2.82. The Morgan fingerprint density at radius 3 is 3.08 bits per heavy atom. The molecule has 1 rings (SSSR count). The zero-order valence-electron chi connectivity index (χ0n) is 7.70. The van der Waals surface area contributed by atoms with Crippen LogP contribution in [0.25, 0.3) is 0 Å². The summed E-state index contributed by atoms with van der Waals surface area (Å²) in [6.07, 6.45) is 4.33. The number of hydroxylamine groups is 2. The highest BCUT2D eigenvalue weighted by Crippen LogP contribution is 2.14. The molecule has 0 bridgehead atoms. The second-order valence-electron chi connectivity index (χ2n) is 3.21. The molecular weight excluding hydrogens is 168 g/mol. The monoisotopic (exact) mass is 184 g/mol. The zero-order chi connectivity index (χ0) is 9.68. The topological polar surface area (TPSA) is 52.6 Å². The van der Waals surface area contributed by atoms with Crippen LogP contribution in [0.4, 0.5) is 0 Å². The molecule has 1 heterocycles. The van der Waals surface area contributed by atoms with Gasteiger partial charge in [0.1, 0.15) is 6.04 Å². The molecule has 0 aliphatic carbocycles. The number of carbonyl (C=O) groups excluding carboxylic acids is 1. The highest BCUT2D eigenvalue weighted by Gasteiger charge is 2.26. The van der Waals surface area contributed by atoms with Crippen molar-refractivity contribution in [3.63, 3.8) is 0 Å². The average molecular weight is 184 g/mol. The van der Waals surface area contributed by atoms with Crippen LogP contribution in [-0.2, 0) is 4.79 Å². The lowest BCUT2D eigenvalue weighted by molar-refractivity contribution is -0.162. The van der Waals surface area contributed by atoms with Crippen molar-refractivity contribution < 1.29 is 10.0 Å². The molecule has 1 saturated heterocycles. The molecule has 0 radical (unpaired) electrons. The smallest absolute Gasteiger partial charge is 0.239 e. The predicted molar refractivity (Wildman–Crippen MR) is 49.3 cm³/mol. The number of amides is 1. The average Bonchev–Trinajstić information content (AvgIpc) is 2.15. The van der Waals surface area contributed by atoms with Gasteiger partial charge in [-0.15, -0.1) is 6.58 Å². The predicted octanol–water partition coefficient (Wildman–Crippen LogP) is 0.532. The molecule has 1 amide bonds. The first-order chi connectivity index (χ1) is 6.25. The fourth-order valence-electron chi connectivity index (χ4n) is 1.47. The Kier molecular flexibility index (Phi) is 3.92. The maximum atomic E-state index is 11.4. The van der Waals surface area contributed by atoms with E-state index in [1.807, 2.05) is 0 Å². The molecule has 2 N–H and O–H groups in total. The van der Waals surface area contributed by atoms with Crippen molar-refractivity contribution in [3.05, 3.63) is 12.7 Å². The Labute approximate surface area is 78.2 Å². The van der Waals surface area contributed by atoms with Crippen LogP contribution in [0.5, 0.6) is 0 Å². The fraction of sp³-hybridized carbons (Fsp3) is 0.667. The van der Waals surface area contributed by atoms with Gasteiger partial charge in [-0.2, -0.15) is 5.06 Å². The van der Waals surface area contributed by atoms with E-state index in [1.54, 1.807) is 6.08 Å². The minimum absolute atomic E-state index is 0.109. The molecule has 0 aromatic rings. The van der Waals surface area contributed by atoms with Crippen LogP contribution in [0.1, 0.15) is 19.3 Å². The summed E-state index contributed by atoms with van der Waals surface area (Å²) in [4.78, 5) is 11.4. The minimum atomic E-state index is -0.367. The van der Waals surface area contributed by atoms with Crippen molar-refractivity contribution in [3.8, 4) is 0 Å². The Morgan fingerprint density at radius 1 is 1.69 bits per heavy atom. The van der Waals surface area contributed by atoms with E-state index >= 15 is 0 Å². The lowest BCUT2D eigenvalue weighted by Crippen LogP contribution is -2.47. The molecule has 4 nitrogen and oxygen atoms in total. The molecule has 1 fully saturated rings. The van der Waals surface area contributed by atoms with Crippen molar-refractivity contribution in [2.24, 2.45) is 0 Å². The Bertz CT molecular complexity index is 194. The summed E-state index contributed by atoms with van der Waals surface area (Å²) in [6.45, 7) is 4.56. The van der Waals surface area contributed by atoms with Crippen molar-refractivity contribution in [2.75, 3.05) is 13.1 Å². The van der Waals surface area contributed by atoms with Crippen molar-refractivity contribution in [1.29, 1.82) is 0 Å². The van der Waals surface area contributed by atoms with E-state index in [1.165, 1.54) is 0 Å². The number of nitrogens with one attached hydrogen (secondary N) is 1. The number of hydrogen-bond acceptors (Lipinski definition) is 3. The number of hydrogen-bond donors (Lipinski definition) is 2. The van der Waals surface area contributed by atoms with Crippen LogP contribution in [-0.4, -0.2) is 35.3 Å². The molecule has 74 valence electrons. The van der Waals surface area contributed by atoms with Gasteiger partial charge in [0.2, 0.25) is 5.91 Å². The normalized spacial score (nSPS) is 23.9. The van der Waals surface area contributed by atoms with Crippen LogP contribution >= 0.6 is 0 Å². The zero-order valence-corrected chi connectivity index (χ0v) is 7.70. The summed E-state index contributed by atoms with van der Waals surface area (Å²) in [7, 11) is 0. The highest BCUT2D eigenvalue weighted by molar-refractivity contribution is 5.81. The Hall–Kier alpha value is -0.870. The van der Waals surface area contributed by atoms with Crippen molar-refractivity contribution in [2.45, 2.75) is 25.3 Å². The third-order valence-electron chi connectivity index (χ3n) is 2.20. The minimum Gasteiger partial charge on any atom is -0.351 e. The van der Waals surface area contributed by atoms with Crippen LogP contribution in [0, 0.1) is 0 Å². The van der Waals surface area contributed by atoms with Gasteiger partial charge in [-0.3, -0.25) is 4.79 Å². The first-order valence-electron chi connectivity index (χ1n) is 4.60. The van der Waals surface area contributed by atoms with E-state index in [2.05, 4.69) is 11.9 Å². The molecule has 1 aliphatic heterocycles. The summed E-state index contributed by atoms with van der Waals surface area (Å²) in [5.41, 5.74) is 0. The Balaban J connectivity index is 2.39. The summed E-state index contributed by atoms with van der Waals surface area (Å²) in [5.74, 6) is -0.109. The molecule has 0 saturated carbocycles. The second kappa shape index (κ2) is 4.99. The quantitative estimate of drug-likeness (QED) is 0.629. The van der Waals surface area contributed by atoms with Gasteiger partial charge in [0.05, 0.1) is 0 Å². The van der Waals surface area contributed by atoms with E-state index in [4.69, 9.17) is 0 Å². The molecule has 4 heteroatoms. The summed E-state index contributed by atoms with van der Waals surface area (Å²) >= 11 is 0. The molecule has 1 atom stereocenters. The van der Waals surface area contributed by atoms with Crippen LogP contribution in [0.3, 0.4) is 0 Å². The number of rotatable bonds is 3. The van der Waals surface area contributed by atoms with E-state index in [0.29, 0.717) is 13.1 Å². The van der Waals surface area contributed by atoms with Crippen LogP contribution < -0.4 is 5.32 Å². The SMILES string of the molecule is C=CCNC(=O)[C@H]1CCCCN1O. The van der Waals surface area contributed by atoms with Gasteiger partial charge < -0.3 is 10.5 Å². The van der Waals surface area contributed by atoms with Gasteiger partial charge in [0.15, 0.2) is 0 Å². The third-order valence-corrected chi connectivity index (χ3v) is 2.20. The standard InChI is InChI=1S/C9H16N2O2/c1-2-6-10-9(12)8-5-3-4-7-11(8)13/h2,8,13H,1,3-7H2,(H,10,12)/t8-/m1/s1. The van der Waals surface area contributed by atoms with Crippen LogP contribution in [0.2, 0.25) is 0 Å². The molecule has 0 aromatic carbocycles. The van der Waals surface area contributed by atoms with E-state index in [9.17, 15) is 10.0 Å². The number of nitrogens with zero attached hydrogens (tertiary/aromatic N) is 1. The summed E-state index contributed by atoms with van der Waals surface area (Å²) < 4.78 is 0. The molecule has 0 unspecified atom stereocenters. The van der Waals surface area contributed by atoms with Gasteiger partial charge in [-0.05, 0) is 19.3 Å². The molecule has 13 heavy (non-hydrogen) atoms. The van der Waals surface area contributed by atoms with Crippen LogP contribution in [0.15, 0.2) is 12.7 Å². The lowest BCUT2D eigenvalue weighted by Gasteiger charge is -2.28. The second-order valence-corrected chi connectivity index (χ2v) is 3.21. The van der Waals surface area contributed by atoms with Gasteiger partial charge >= 0.3 is 0 Å². The Morgan fingerprint density at radius 2 is 2.46 bits per heavy atom. The van der Waals surface area contributed by atoms with Gasteiger partial charge in [0.25, 0.3) is 0 Å². The van der Waals surface area contributed by atoms with Gasteiger partial charge in [-0.25, -0.2) is 0 Å². The lowest BCUT2D eigenvalue weighted by atomic mass is 10.0. The number of piperidine rings is 1. The molecule has 0 aromatic heterocycles. The van der Waals surface area contributed by atoms with Gasteiger partial charge in [-0.1, -0.05) is 6.08 Å². The largest absolute Gasteiger partial charge is 0.351 e. The summed E-state index contributed by atoms with van der Waals surface area (Å²) in [5, 5.41) is 13.2. The maximum Gasteiger partial charge on any atom is 0.239 e. The fourth-order valence-corrected chi connectivity index (χ4v) is 1.47. The maximum absolute atomic E-state index is 11.4. The van der Waals surface area contributed by atoms with E-state index < -0.39 is 0 Å². The van der Waals surface area contributed by atoms with Crippen molar-refractivity contribution >= 4 is 5.91 Å². The number of carbonyl (C=O) groups is 1. The summed E-state index contributed by atoms with van der Waals surface area (Å²) in [6, 6.07) is -0.367. The van der Waals surface area contributed by atoms with E-state index in [-0.39, 0.29) is 11.9 Å². The first kappa shape index (κ1) is 10.2. The molecule has 1 aliphatic rings. The van der Waals surface area contributed by atoms with E-state index in [0.717, 1.165) is 24.3 Å². The van der Waals surface area contributed by atoms with Crippen molar-refractivity contribution in [1.82, 2.24) is 10.4 Å².